The largest absolute Gasteiger partial charge is 0.497 e. The molecule has 1 unspecified atom stereocenters. The lowest BCUT2D eigenvalue weighted by atomic mass is 9.82. The molecule has 0 aromatic heterocycles. The van der Waals surface area contributed by atoms with E-state index in [9.17, 15) is 18.3 Å². The van der Waals surface area contributed by atoms with Crippen molar-refractivity contribution >= 4 is 16.0 Å². The predicted molar refractivity (Wildman–Crippen MR) is 78.8 cm³/mol. The van der Waals surface area contributed by atoms with Crippen molar-refractivity contribution in [2.45, 2.75) is 38.1 Å². The second kappa shape index (κ2) is 6.44. The van der Waals surface area contributed by atoms with Gasteiger partial charge in [0, 0.05) is 0 Å². The number of hydrogen-bond acceptors (Lipinski definition) is 4. The fraction of sp³-hybridized carbons (Fsp3) is 0.500. The molecule has 6 nitrogen and oxygen atoms in total. The number of carboxylic acid groups (broad SMARTS) is 1. The van der Waals surface area contributed by atoms with Crippen molar-refractivity contribution in [1.29, 1.82) is 0 Å². The fourth-order valence-corrected chi connectivity index (χ4v) is 3.09. The fourth-order valence-electron chi connectivity index (χ4n) is 1.73. The SMILES string of the molecule is CCC(C)(C)C(NS(=O)(=O)c1ccc(OC)cc1)C(=O)O. The van der Waals surface area contributed by atoms with Crippen LogP contribution in [0.1, 0.15) is 27.2 Å². The number of sulfonamides is 1. The molecule has 0 aliphatic heterocycles. The molecule has 1 atom stereocenters. The summed E-state index contributed by atoms with van der Waals surface area (Å²) in [7, 11) is -2.43. The summed E-state index contributed by atoms with van der Waals surface area (Å²) >= 11 is 0. The number of carboxylic acids is 1. The van der Waals surface area contributed by atoms with Crippen LogP contribution >= 0.6 is 0 Å². The molecule has 0 radical (unpaired) electrons. The first-order chi connectivity index (χ1) is 9.64. The number of nitrogens with one attached hydrogen (secondary N) is 1. The predicted octanol–water partition coefficient (Wildman–Crippen LogP) is 1.86. The molecule has 0 heterocycles. The topological polar surface area (TPSA) is 92.7 Å². The monoisotopic (exact) mass is 315 g/mol. The highest BCUT2D eigenvalue weighted by molar-refractivity contribution is 7.89. The van der Waals surface area contributed by atoms with E-state index in [1.165, 1.54) is 31.4 Å². The molecule has 1 aromatic rings. The van der Waals surface area contributed by atoms with Gasteiger partial charge in [-0.1, -0.05) is 20.8 Å². The number of aliphatic carboxylic acids is 1. The van der Waals surface area contributed by atoms with Crippen LogP contribution in [0.15, 0.2) is 29.2 Å². The summed E-state index contributed by atoms with van der Waals surface area (Å²) < 4.78 is 31.8. The van der Waals surface area contributed by atoms with Crippen LogP contribution in [0.3, 0.4) is 0 Å². The lowest BCUT2D eigenvalue weighted by Gasteiger charge is -2.30. The Morgan fingerprint density at radius 1 is 1.33 bits per heavy atom. The minimum atomic E-state index is -3.91. The Labute approximate surface area is 125 Å². The Balaban J connectivity index is 3.09. The van der Waals surface area contributed by atoms with Crippen molar-refractivity contribution in [3.8, 4) is 5.75 Å². The van der Waals surface area contributed by atoms with E-state index in [0.29, 0.717) is 12.2 Å². The molecule has 118 valence electrons. The van der Waals surface area contributed by atoms with Gasteiger partial charge in [0.25, 0.3) is 0 Å². The average Bonchev–Trinajstić information content (AvgIpc) is 2.44. The summed E-state index contributed by atoms with van der Waals surface area (Å²) in [5, 5.41) is 9.29. The molecular formula is C14H21NO5S. The van der Waals surface area contributed by atoms with Gasteiger partial charge in [-0.3, -0.25) is 4.79 Å². The average molecular weight is 315 g/mol. The molecule has 0 saturated carbocycles. The van der Waals surface area contributed by atoms with E-state index in [1.54, 1.807) is 13.8 Å². The highest BCUT2D eigenvalue weighted by Gasteiger charge is 2.37. The number of hydrogen-bond donors (Lipinski definition) is 2. The molecular weight excluding hydrogens is 294 g/mol. The zero-order chi connectivity index (χ0) is 16.3. The number of carbonyl (C=O) groups is 1. The van der Waals surface area contributed by atoms with E-state index < -0.39 is 27.4 Å². The summed E-state index contributed by atoms with van der Waals surface area (Å²) in [5.74, 6) is -0.670. The summed E-state index contributed by atoms with van der Waals surface area (Å²) in [5.41, 5.74) is -0.703. The van der Waals surface area contributed by atoms with E-state index in [-0.39, 0.29) is 4.90 Å². The van der Waals surface area contributed by atoms with Crippen LogP contribution < -0.4 is 9.46 Å². The Bertz CT molecular complexity index is 592. The molecule has 0 aliphatic rings. The highest BCUT2D eigenvalue weighted by Crippen LogP contribution is 2.26. The van der Waals surface area contributed by atoms with Crippen molar-refractivity contribution in [3.63, 3.8) is 0 Å². The number of ether oxygens (including phenoxy) is 1. The van der Waals surface area contributed by atoms with Crippen LogP contribution in [0.25, 0.3) is 0 Å². The van der Waals surface area contributed by atoms with Gasteiger partial charge in [-0.25, -0.2) is 8.42 Å². The quantitative estimate of drug-likeness (QED) is 0.801. The molecule has 1 aromatic carbocycles. The Hall–Kier alpha value is -1.60. The van der Waals surface area contributed by atoms with Gasteiger partial charge in [0.05, 0.1) is 12.0 Å². The minimum absolute atomic E-state index is 0.00135. The van der Waals surface area contributed by atoms with Crippen molar-refractivity contribution in [1.82, 2.24) is 4.72 Å². The molecule has 1 rings (SSSR count). The Kier molecular flexibility index (Phi) is 5.36. The summed E-state index contributed by atoms with van der Waals surface area (Å²) in [4.78, 5) is 11.4. The first-order valence-corrected chi connectivity index (χ1v) is 8.01. The van der Waals surface area contributed by atoms with Crippen LogP contribution in [-0.4, -0.2) is 32.6 Å². The van der Waals surface area contributed by atoms with Gasteiger partial charge < -0.3 is 9.84 Å². The second-order valence-electron chi connectivity index (χ2n) is 5.41. The number of methoxy groups -OCH3 is 1. The van der Waals surface area contributed by atoms with Crippen molar-refractivity contribution in [3.05, 3.63) is 24.3 Å². The smallest absolute Gasteiger partial charge is 0.322 e. The van der Waals surface area contributed by atoms with Crippen LogP contribution in [0.4, 0.5) is 0 Å². The van der Waals surface area contributed by atoms with E-state index in [0.717, 1.165) is 0 Å². The van der Waals surface area contributed by atoms with Gasteiger partial charge in [-0.15, -0.1) is 0 Å². The van der Waals surface area contributed by atoms with Crippen molar-refractivity contribution in [2.75, 3.05) is 7.11 Å². The maximum absolute atomic E-state index is 12.3. The Morgan fingerprint density at radius 3 is 2.24 bits per heavy atom. The molecule has 7 heteroatoms. The third-order valence-electron chi connectivity index (χ3n) is 3.58. The number of rotatable bonds is 7. The summed E-state index contributed by atoms with van der Waals surface area (Å²) in [6.45, 7) is 5.24. The van der Waals surface area contributed by atoms with Crippen molar-refractivity contribution < 1.29 is 23.1 Å². The lowest BCUT2D eigenvalue weighted by molar-refractivity contribution is -0.142. The first kappa shape index (κ1) is 17.5. The molecule has 2 N–H and O–H groups in total. The van der Waals surface area contributed by atoms with Gasteiger partial charge in [0.1, 0.15) is 11.8 Å². The lowest BCUT2D eigenvalue weighted by Crippen LogP contribution is -2.49. The zero-order valence-electron chi connectivity index (χ0n) is 12.6. The van der Waals surface area contributed by atoms with Gasteiger partial charge in [0.2, 0.25) is 10.0 Å². The van der Waals surface area contributed by atoms with Crippen LogP contribution in [-0.2, 0) is 14.8 Å². The highest BCUT2D eigenvalue weighted by atomic mass is 32.2. The van der Waals surface area contributed by atoms with E-state index in [4.69, 9.17) is 4.74 Å². The van der Waals surface area contributed by atoms with E-state index >= 15 is 0 Å². The molecule has 21 heavy (non-hydrogen) atoms. The summed E-state index contributed by atoms with van der Waals surface area (Å²) in [6.07, 6.45) is 0.523. The summed E-state index contributed by atoms with van der Waals surface area (Å²) in [6, 6.07) is 4.57. The molecule has 0 fully saturated rings. The van der Waals surface area contributed by atoms with Gasteiger partial charge >= 0.3 is 5.97 Å². The van der Waals surface area contributed by atoms with Crippen LogP contribution in [0.5, 0.6) is 5.75 Å². The normalized spacial score (nSPS) is 13.7. The maximum Gasteiger partial charge on any atom is 0.322 e. The third kappa shape index (κ3) is 4.18. The standard InChI is InChI=1S/C14H21NO5S/c1-5-14(2,3)12(13(16)17)15-21(18,19)11-8-6-10(20-4)7-9-11/h6-9,12,15H,5H2,1-4H3,(H,16,17). The van der Waals surface area contributed by atoms with Crippen LogP contribution in [0, 0.1) is 5.41 Å². The van der Waals surface area contributed by atoms with Gasteiger partial charge in [-0.05, 0) is 36.1 Å². The second-order valence-corrected chi connectivity index (χ2v) is 7.12. The minimum Gasteiger partial charge on any atom is -0.497 e. The van der Waals surface area contributed by atoms with Gasteiger partial charge in [-0.2, -0.15) is 4.72 Å². The van der Waals surface area contributed by atoms with E-state index in [2.05, 4.69) is 4.72 Å². The van der Waals surface area contributed by atoms with Crippen LogP contribution in [0.2, 0.25) is 0 Å². The Morgan fingerprint density at radius 2 is 1.86 bits per heavy atom. The number of benzene rings is 1. The molecule has 0 saturated heterocycles. The maximum atomic E-state index is 12.3. The molecule has 0 amide bonds. The molecule has 0 aliphatic carbocycles. The zero-order valence-corrected chi connectivity index (χ0v) is 13.4. The third-order valence-corrected chi connectivity index (χ3v) is 5.02. The molecule has 0 spiro atoms. The van der Waals surface area contributed by atoms with Crippen molar-refractivity contribution in [2.24, 2.45) is 5.41 Å². The first-order valence-electron chi connectivity index (χ1n) is 6.53. The van der Waals surface area contributed by atoms with Gasteiger partial charge in [0.15, 0.2) is 0 Å². The molecule has 0 bridgehead atoms. The van der Waals surface area contributed by atoms with E-state index in [1.807, 2.05) is 6.92 Å².